The SMILES string of the molecule is CCC(C)(CN)C(=O)Nc1ccncc1F. The summed E-state index contributed by atoms with van der Waals surface area (Å²) in [4.78, 5) is 15.5. The Morgan fingerprint density at radius 1 is 1.69 bits per heavy atom. The molecule has 1 aromatic rings. The van der Waals surface area contributed by atoms with Crippen molar-refractivity contribution < 1.29 is 9.18 Å². The summed E-state index contributed by atoms with van der Waals surface area (Å²) in [6, 6.07) is 1.42. The molecule has 0 radical (unpaired) electrons. The van der Waals surface area contributed by atoms with E-state index >= 15 is 0 Å². The van der Waals surface area contributed by atoms with Crippen molar-refractivity contribution in [2.75, 3.05) is 11.9 Å². The van der Waals surface area contributed by atoms with Gasteiger partial charge in [0.2, 0.25) is 5.91 Å². The van der Waals surface area contributed by atoms with E-state index in [1.807, 2.05) is 6.92 Å². The van der Waals surface area contributed by atoms with E-state index in [0.717, 1.165) is 6.20 Å². The number of hydrogen-bond donors (Lipinski definition) is 2. The van der Waals surface area contributed by atoms with Gasteiger partial charge in [-0.05, 0) is 19.4 Å². The van der Waals surface area contributed by atoms with Gasteiger partial charge in [0.05, 0.1) is 17.3 Å². The van der Waals surface area contributed by atoms with Gasteiger partial charge in [-0.2, -0.15) is 0 Å². The summed E-state index contributed by atoms with van der Waals surface area (Å²) >= 11 is 0. The second-order valence-electron chi connectivity index (χ2n) is 3.93. The van der Waals surface area contributed by atoms with Crippen molar-refractivity contribution in [1.29, 1.82) is 0 Å². The van der Waals surface area contributed by atoms with Crippen molar-refractivity contribution in [1.82, 2.24) is 4.98 Å². The number of pyridine rings is 1. The predicted octanol–water partition coefficient (Wildman–Crippen LogP) is 1.53. The maximum atomic E-state index is 13.2. The number of nitrogens with one attached hydrogen (secondary N) is 1. The molecule has 16 heavy (non-hydrogen) atoms. The molecule has 0 aliphatic rings. The maximum absolute atomic E-state index is 13.2. The molecule has 0 aliphatic heterocycles. The molecule has 0 aliphatic carbocycles. The number of carbonyl (C=O) groups excluding carboxylic acids is 1. The lowest BCUT2D eigenvalue weighted by molar-refractivity contribution is -0.124. The fourth-order valence-corrected chi connectivity index (χ4v) is 1.15. The molecule has 1 amide bonds. The Balaban J connectivity index is 2.83. The summed E-state index contributed by atoms with van der Waals surface area (Å²) in [5, 5.41) is 2.52. The van der Waals surface area contributed by atoms with Crippen LogP contribution in [-0.4, -0.2) is 17.4 Å². The molecule has 88 valence electrons. The first-order valence-corrected chi connectivity index (χ1v) is 5.14. The fraction of sp³-hybridized carbons (Fsp3) is 0.455. The van der Waals surface area contributed by atoms with Gasteiger partial charge in [-0.25, -0.2) is 4.39 Å². The van der Waals surface area contributed by atoms with E-state index in [9.17, 15) is 9.18 Å². The Hall–Kier alpha value is -1.49. The normalized spacial score (nSPS) is 14.2. The third-order valence-corrected chi connectivity index (χ3v) is 2.80. The Kier molecular flexibility index (Phi) is 3.95. The molecular weight excluding hydrogens is 209 g/mol. The van der Waals surface area contributed by atoms with Crippen molar-refractivity contribution in [2.24, 2.45) is 11.1 Å². The topological polar surface area (TPSA) is 68.0 Å². The van der Waals surface area contributed by atoms with Gasteiger partial charge in [-0.3, -0.25) is 9.78 Å². The minimum Gasteiger partial charge on any atom is -0.329 e. The van der Waals surface area contributed by atoms with E-state index in [-0.39, 0.29) is 18.1 Å². The molecule has 0 fully saturated rings. The lowest BCUT2D eigenvalue weighted by atomic mass is 9.86. The Bertz CT molecular complexity index is 377. The lowest BCUT2D eigenvalue weighted by Gasteiger charge is -2.24. The van der Waals surface area contributed by atoms with Crippen LogP contribution in [0.5, 0.6) is 0 Å². The average Bonchev–Trinajstić information content (AvgIpc) is 2.31. The quantitative estimate of drug-likeness (QED) is 0.816. The van der Waals surface area contributed by atoms with Crippen LogP contribution in [0.2, 0.25) is 0 Å². The number of aromatic nitrogens is 1. The van der Waals surface area contributed by atoms with E-state index in [4.69, 9.17) is 5.73 Å². The Labute approximate surface area is 94.1 Å². The summed E-state index contributed by atoms with van der Waals surface area (Å²) in [5.74, 6) is -0.825. The highest BCUT2D eigenvalue weighted by Crippen LogP contribution is 2.22. The molecule has 0 bridgehead atoms. The van der Waals surface area contributed by atoms with E-state index in [1.54, 1.807) is 6.92 Å². The van der Waals surface area contributed by atoms with Crippen LogP contribution in [0.1, 0.15) is 20.3 Å². The van der Waals surface area contributed by atoms with Gasteiger partial charge in [0.25, 0.3) is 0 Å². The highest BCUT2D eigenvalue weighted by Gasteiger charge is 2.30. The molecule has 1 aromatic heterocycles. The monoisotopic (exact) mass is 225 g/mol. The van der Waals surface area contributed by atoms with Gasteiger partial charge in [-0.15, -0.1) is 0 Å². The van der Waals surface area contributed by atoms with Crippen LogP contribution in [-0.2, 0) is 4.79 Å². The number of nitrogens with zero attached hydrogens (tertiary/aromatic N) is 1. The van der Waals surface area contributed by atoms with Gasteiger partial charge in [0, 0.05) is 12.7 Å². The second kappa shape index (κ2) is 5.03. The summed E-state index contributed by atoms with van der Waals surface area (Å²) in [7, 11) is 0. The highest BCUT2D eigenvalue weighted by molar-refractivity contribution is 5.95. The van der Waals surface area contributed by atoms with E-state index in [2.05, 4.69) is 10.3 Å². The number of carbonyl (C=O) groups is 1. The van der Waals surface area contributed by atoms with Crippen LogP contribution in [0.15, 0.2) is 18.5 Å². The number of nitrogens with two attached hydrogens (primary N) is 1. The molecule has 1 rings (SSSR count). The van der Waals surface area contributed by atoms with E-state index < -0.39 is 11.2 Å². The van der Waals surface area contributed by atoms with Gasteiger partial charge in [0.15, 0.2) is 5.82 Å². The van der Waals surface area contributed by atoms with Crippen molar-refractivity contribution in [3.8, 4) is 0 Å². The summed E-state index contributed by atoms with van der Waals surface area (Å²) in [6.45, 7) is 3.85. The van der Waals surface area contributed by atoms with Gasteiger partial charge >= 0.3 is 0 Å². The molecule has 4 nitrogen and oxygen atoms in total. The summed E-state index contributed by atoms with van der Waals surface area (Å²) in [6.07, 6.45) is 3.08. The molecule has 5 heteroatoms. The molecule has 3 N–H and O–H groups in total. The molecular formula is C11H16FN3O. The standard InChI is InChI=1S/C11H16FN3O/c1-3-11(2,7-13)10(16)15-9-4-5-14-6-8(9)12/h4-6H,3,7,13H2,1-2H3,(H,14,15,16). The first kappa shape index (κ1) is 12.6. The van der Waals surface area contributed by atoms with Gasteiger partial charge in [-0.1, -0.05) is 6.92 Å². The van der Waals surface area contributed by atoms with Gasteiger partial charge in [0.1, 0.15) is 0 Å². The molecule has 1 unspecified atom stereocenters. The largest absolute Gasteiger partial charge is 0.329 e. The van der Waals surface area contributed by atoms with Crippen LogP contribution < -0.4 is 11.1 Å². The minimum absolute atomic E-state index is 0.133. The average molecular weight is 225 g/mol. The van der Waals surface area contributed by atoms with Crippen molar-refractivity contribution in [3.05, 3.63) is 24.3 Å². The Morgan fingerprint density at radius 2 is 2.38 bits per heavy atom. The Morgan fingerprint density at radius 3 is 2.88 bits per heavy atom. The fourth-order valence-electron chi connectivity index (χ4n) is 1.15. The van der Waals surface area contributed by atoms with Gasteiger partial charge < -0.3 is 11.1 Å². The van der Waals surface area contributed by atoms with Crippen LogP contribution in [0.3, 0.4) is 0 Å². The number of anilines is 1. The second-order valence-corrected chi connectivity index (χ2v) is 3.93. The van der Waals surface area contributed by atoms with Crippen LogP contribution in [0.25, 0.3) is 0 Å². The number of halogens is 1. The molecule has 0 saturated heterocycles. The zero-order valence-corrected chi connectivity index (χ0v) is 9.46. The summed E-state index contributed by atoms with van der Waals surface area (Å²) < 4.78 is 13.2. The molecule has 0 saturated carbocycles. The first-order valence-electron chi connectivity index (χ1n) is 5.14. The third kappa shape index (κ3) is 2.55. The maximum Gasteiger partial charge on any atom is 0.231 e. The molecule has 0 spiro atoms. The van der Waals surface area contributed by atoms with E-state index in [0.29, 0.717) is 6.42 Å². The zero-order valence-electron chi connectivity index (χ0n) is 9.46. The predicted molar refractivity (Wildman–Crippen MR) is 60.3 cm³/mol. The summed E-state index contributed by atoms with van der Waals surface area (Å²) in [5.41, 5.74) is 5.00. The smallest absolute Gasteiger partial charge is 0.231 e. The highest BCUT2D eigenvalue weighted by atomic mass is 19.1. The van der Waals surface area contributed by atoms with Crippen molar-refractivity contribution >= 4 is 11.6 Å². The number of rotatable bonds is 4. The lowest BCUT2D eigenvalue weighted by Crippen LogP contribution is -2.39. The minimum atomic E-state index is -0.671. The number of hydrogen-bond acceptors (Lipinski definition) is 3. The first-order chi connectivity index (χ1) is 7.53. The van der Waals surface area contributed by atoms with Crippen molar-refractivity contribution in [3.63, 3.8) is 0 Å². The van der Waals surface area contributed by atoms with Crippen LogP contribution in [0, 0.1) is 11.2 Å². The van der Waals surface area contributed by atoms with E-state index in [1.165, 1.54) is 12.3 Å². The van der Waals surface area contributed by atoms with Crippen LogP contribution >= 0.6 is 0 Å². The number of amides is 1. The molecule has 1 atom stereocenters. The zero-order chi connectivity index (χ0) is 12.2. The van der Waals surface area contributed by atoms with Crippen LogP contribution in [0.4, 0.5) is 10.1 Å². The molecule has 1 heterocycles. The third-order valence-electron chi connectivity index (χ3n) is 2.80. The van der Waals surface area contributed by atoms with Crippen molar-refractivity contribution in [2.45, 2.75) is 20.3 Å². The molecule has 0 aromatic carbocycles.